The predicted molar refractivity (Wildman–Crippen MR) is 91.0 cm³/mol. The highest BCUT2D eigenvalue weighted by atomic mass is 16.8. The first-order valence-electron chi connectivity index (χ1n) is 8.12. The van der Waals surface area contributed by atoms with E-state index in [1.165, 1.54) is 6.07 Å². The van der Waals surface area contributed by atoms with Crippen LogP contribution in [-0.4, -0.2) is 33.9 Å². The van der Waals surface area contributed by atoms with E-state index in [0.717, 1.165) is 12.8 Å². The van der Waals surface area contributed by atoms with Crippen LogP contribution in [0.25, 0.3) is 0 Å². The molecule has 1 heterocycles. The normalized spacial score (nSPS) is 20.9. The highest BCUT2D eigenvalue weighted by molar-refractivity contribution is 5.39. The van der Waals surface area contributed by atoms with Gasteiger partial charge < -0.3 is 10.5 Å². The van der Waals surface area contributed by atoms with Crippen molar-refractivity contribution in [2.24, 2.45) is 5.73 Å². The number of nitro groups is 1. The molecule has 0 radical (unpaired) electrons. The van der Waals surface area contributed by atoms with E-state index in [1.54, 1.807) is 18.2 Å². The highest BCUT2D eigenvalue weighted by Gasteiger charge is 2.45. The lowest BCUT2D eigenvalue weighted by atomic mass is 9.79. The summed E-state index contributed by atoms with van der Waals surface area (Å²) in [6.07, 6.45) is 1.67. The summed E-state index contributed by atoms with van der Waals surface area (Å²) >= 11 is 0. The van der Waals surface area contributed by atoms with Gasteiger partial charge in [0.15, 0.2) is 6.79 Å². The van der Waals surface area contributed by atoms with Crippen molar-refractivity contribution in [1.29, 1.82) is 0 Å². The molecule has 0 amide bonds. The standard InChI is InChI=1S/C17H27N3O4/c1-16(2)9-14(18)10-17(3,4)20(16)24-12-23-11-13-7-5-6-8-15(13)19(21)22/h5-8,14H,9-12,18H2,1-4H3. The number of nitro benzene ring substituents is 1. The molecule has 2 rings (SSSR count). The molecule has 24 heavy (non-hydrogen) atoms. The molecule has 1 aliphatic rings. The van der Waals surface area contributed by atoms with Crippen LogP contribution in [-0.2, 0) is 16.2 Å². The number of nitrogens with zero attached hydrogens (tertiary/aromatic N) is 2. The zero-order valence-corrected chi connectivity index (χ0v) is 14.8. The zero-order chi connectivity index (χ0) is 18.0. The van der Waals surface area contributed by atoms with Crippen LogP contribution in [0.2, 0.25) is 0 Å². The van der Waals surface area contributed by atoms with Gasteiger partial charge in [-0.15, -0.1) is 0 Å². The summed E-state index contributed by atoms with van der Waals surface area (Å²) in [4.78, 5) is 16.5. The van der Waals surface area contributed by atoms with E-state index in [9.17, 15) is 10.1 Å². The highest BCUT2D eigenvalue weighted by Crippen LogP contribution is 2.37. The summed E-state index contributed by atoms with van der Waals surface area (Å²) in [6.45, 7) is 8.54. The molecule has 2 N–H and O–H groups in total. The van der Waals surface area contributed by atoms with Gasteiger partial charge in [0.1, 0.15) is 0 Å². The summed E-state index contributed by atoms with van der Waals surface area (Å²) in [7, 11) is 0. The summed E-state index contributed by atoms with van der Waals surface area (Å²) in [5.74, 6) is 0. The third kappa shape index (κ3) is 4.30. The van der Waals surface area contributed by atoms with Crippen LogP contribution in [0, 0.1) is 10.1 Å². The Bertz CT molecular complexity index is 571. The molecule has 0 saturated carbocycles. The molecule has 0 atom stereocenters. The SMILES string of the molecule is CC1(C)CC(N)CC(C)(C)N1OCOCc1ccccc1[N+](=O)[O-]. The van der Waals surface area contributed by atoms with Gasteiger partial charge in [0, 0.05) is 23.2 Å². The fourth-order valence-electron chi connectivity index (χ4n) is 3.74. The maximum atomic E-state index is 11.0. The van der Waals surface area contributed by atoms with Crippen molar-refractivity contribution >= 4 is 5.69 Å². The first-order chi connectivity index (χ1) is 11.1. The smallest absolute Gasteiger partial charge is 0.274 e. The molecule has 1 aliphatic heterocycles. The summed E-state index contributed by atoms with van der Waals surface area (Å²) < 4.78 is 5.53. The van der Waals surface area contributed by atoms with Crippen molar-refractivity contribution in [2.45, 2.75) is 64.3 Å². The number of piperidine rings is 1. The van der Waals surface area contributed by atoms with E-state index < -0.39 is 4.92 Å². The minimum atomic E-state index is -0.405. The molecule has 134 valence electrons. The van der Waals surface area contributed by atoms with E-state index in [2.05, 4.69) is 27.7 Å². The van der Waals surface area contributed by atoms with Gasteiger partial charge in [-0.25, -0.2) is 0 Å². The third-order valence-corrected chi connectivity index (χ3v) is 4.33. The molecule has 0 unspecified atom stereocenters. The molecule has 1 fully saturated rings. The molecular formula is C17H27N3O4. The summed E-state index contributed by atoms with van der Waals surface area (Å²) in [5.41, 5.74) is 6.33. The lowest BCUT2D eigenvalue weighted by molar-refractivity contribution is -0.386. The van der Waals surface area contributed by atoms with Crippen LogP contribution in [0.15, 0.2) is 24.3 Å². The first-order valence-corrected chi connectivity index (χ1v) is 8.12. The molecule has 1 aromatic carbocycles. The van der Waals surface area contributed by atoms with Crippen molar-refractivity contribution in [3.8, 4) is 0 Å². The van der Waals surface area contributed by atoms with Gasteiger partial charge in [-0.2, -0.15) is 5.06 Å². The van der Waals surface area contributed by atoms with Crippen LogP contribution in [0.4, 0.5) is 5.69 Å². The van der Waals surface area contributed by atoms with Crippen LogP contribution >= 0.6 is 0 Å². The minimum Gasteiger partial charge on any atom is -0.349 e. The number of para-hydroxylation sites is 1. The van der Waals surface area contributed by atoms with Gasteiger partial charge in [-0.3, -0.25) is 15.0 Å². The zero-order valence-electron chi connectivity index (χ0n) is 14.8. The van der Waals surface area contributed by atoms with Crippen molar-refractivity contribution in [3.05, 3.63) is 39.9 Å². The van der Waals surface area contributed by atoms with Gasteiger partial charge in [-0.1, -0.05) is 12.1 Å². The van der Waals surface area contributed by atoms with E-state index in [0.29, 0.717) is 5.56 Å². The Morgan fingerprint density at radius 2 is 1.83 bits per heavy atom. The Balaban J connectivity index is 1.93. The lowest BCUT2D eigenvalue weighted by Gasteiger charge is -2.52. The average molecular weight is 337 g/mol. The lowest BCUT2D eigenvalue weighted by Crippen LogP contribution is -2.63. The maximum Gasteiger partial charge on any atom is 0.274 e. The second-order valence-electron chi connectivity index (χ2n) is 7.57. The Kier molecular flexibility index (Phi) is 5.59. The monoisotopic (exact) mass is 337 g/mol. The molecule has 7 nitrogen and oxygen atoms in total. The van der Waals surface area contributed by atoms with E-state index in [-0.39, 0.29) is 36.2 Å². The van der Waals surface area contributed by atoms with E-state index in [1.807, 2.05) is 5.06 Å². The van der Waals surface area contributed by atoms with Gasteiger partial charge >= 0.3 is 0 Å². The van der Waals surface area contributed by atoms with Crippen LogP contribution in [0.5, 0.6) is 0 Å². The van der Waals surface area contributed by atoms with Gasteiger partial charge in [0.25, 0.3) is 5.69 Å². The molecule has 0 aromatic heterocycles. The molecule has 1 saturated heterocycles. The molecule has 0 bridgehead atoms. The van der Waals surface area contributed by atoms with Gasteiger partial charge in [0.05, 0.1) is 17.1 Å². The largest absolute Gasteiger partial charge is 0.349 e. The molecule has 0 spiro atoms. The average Bonchev–Trinajstić information content (AvgIpc) is 2.44. The second-order valence-corrected chi connectivity index (χ2v) is 7.57. The molecule has 1 aromatic rings. The summed E-state index contributed by atoms with van der Waals surface area (Å²) in [5, 5.41) is 12.9. The first kappa shape index (κ1) is 18.8. The number of hydrogen-bond acceptors (Lipinski definition) is 6. The fourth-order valence-corrected chi connectivity index (χ4v) is 3.74. The number of hydrogen-bond donors (Lipinski definition) is 1. The van der Waals surface area contributed by atoms with Crippen molar-refractivity contribution in [3.63, 3.8) is 0 Å². The van der Waals surface area contributed by atoms with Crippen molar-refractivity contribution < 1.29 is 14.5 Å². The Hall–Kier alpha value is -1.54. The number of benzene rings is 1. The molecular weight excluding hydrogens is 310 g/mol. The van der Waals surface area contributed by atoms with Gasteiger partial charge in [-0.05, 0) is 46.6 Å². The van der Waals surface area contributed by atoms with E-state index in [4.69, 9.17) is 15.3 Å². The van der Waals surface area contributed by atoms with Crippen LogP contribution in [0.1, 0.15) is 46.1 Å². The van der Waals surface area contributed by atoms with E-state index >= 15 is 0 Å². The predicted octanol–water partition coefficient (Wildman–Crippen LogP) is 2.98. The van der Waals surface area contributed by atoms with Crippen LogP contribution in [0.3, 0.4) is 0 Å². The number of ether oxygens (including phenoxy) is 1. The van der Waals surface area contributed by atoms with Crippen molar-refractivity contribution in [2.75, 3.05) is 6.79 Å². The Labute approximate surface area is 142 Å². The molecule has 0 aliphatic carbocycles. The van der Waals surface area contributed by atoms with Gasteiger partial charge in [0.2, 0.25) is 0 Å². The number of rotatable bonds is 6. The third-order valence-electron chi connectivity index (χ3n) is 4.33. The van der Waals surface area contributed by atoms with Crippen LogP contribution < -0.4 is 5.73 Å². The fraction of sp³-hybridized carbons (Fsp3) is 0.647. The topological polar surface area (TPSA) is 90.9 Å². The number of nitrogens with two attached hydrogens (primary N) is 1. The Morgan fingerprint density at radius 1 is 1.25 bits per heavy atom. The molecule has 7 heteroatoms. The van der Waals surface area contributed by atoms with Crippen molar-refractivity contribution in [1.82, 2.24) is 5.06 Å². The Morgan fingerprint density at radius 3 is 2.42 bits per heavy atom. The second kappa shape index (κ2) is 7.14. The maximum absolute atomic E-state index is 11.0. The number of hydroxylamine groups is 2. The minimum absolute atomic E-state index is 0.0359. The quantitative estimate of drug-likeness (QED) is 0.371. The summed E-state index contributed by atoms with van der Waals surface area (Å²) in [6, 6.07) is 6.69.